The van der Waals surface area contributed by atoms with Crippen molar-refractivity contribution in [3.63, 3.8) is 0 Å². The van der Waals surface area contributed by atoms with E-state index in [2.05, 4.69) is 11.7 Å². The normalized spacial score (nSPS) is 41.0. The van der Waals surface area contributed by atoms with Crippen LogP contribution < -0.4 is 0 Å². The first-order chi connectivity index (χ1) is 23.3. The highest BCUT2D eigenvalue weighted by molar-refractivity contribution is 6.00. The topological polar surface area (TPSA) is 158 Å². The van der Waals surface area contributed by atoms with Crippen LogP contribution in [0.15, 0.2) is 17.8 Å². The molecule has 14 nitrogen and oxygen atoms in total. The van der Waals surface area contributed by atoms with Crippen molar-refractivity contribution in [2.24, 2.45) is 28.8 Å². The Hall–Kier alpha value is -3.07. The second-order valence-corrected chi connectivity index (χ2v) is 14.5. The molecule has 3 aliphatic rings. The number of methoxy groups -OCH3 is 1. The molecule has 0 saturated carbocycles. The Labute approximate surface area is 296 Å². The van der Waals surface area contributed by atoms with E-state index in [0.29, 0.717) is 12.1 Å². The van der Waals surface area contributed by atoms with Crippen LogP contribution in [0.2, 0.25) is 0 Å². The highest BCUT2D eigenvalue weighted by atomic mass is 16.8. The molecule has 0 aromatic heterocycles. The monoisotopic (exact) mass is 710 g/mol. The maximum Gasteiger partial charge on any atom is 0.509 e. The molecular weight excluding hydrogens is 652 g/mol. The lowest BCUT2D eigenvalue weighted by Gasteiger charge is -2.47. The molecule has 0 aliphatic carbocycles. The van der Waals surface area contributed by atoms with Gasteiger partial charge in [-0.05, 0) is 61.1 Å². The fourth-order valence-corrected chi connectivity index (χ4v) is 7.70. The summed E-state index contributed by atoms with van der Waals surface area (Å²) >= 11 is 0. The second-order valence-electron chi connectivity index (χ2n) is 14.5. The van der Waals surface area contributed by atoms with Crippen molar-refractivity contribution in [1.82, 2.24) is 4.90 Å². The van der Waals surface area contributed by atoms with E-state index < -0.39 is 89.5 Å². The average molecular weight is 711 g/mol. The van der Waals surface area contributed by atoms with Gasteiger partial charge in [-0.3, -0.25) is 14.4 Å². The van der Waals surface area contributed by atoms with Crippen molar-refractivity contribution in [3.8, 4) is 0 Å². The average Bonchev–Trinajstić information content (AvgIpc) is 3.37. The van der Waals surface area contributed by atoms with Crippen molar-refractivity contribution >= 4 is 29.6 Å². The standard InChI is InChI=1S/C36H58N2O12/c1-14-16-44-37-27-19(3)18-35(9,43-13)30(48-33-29(46-24(8)39)25(38(11)12)17-20(4)45-33)22(6)28(40)23(7)32(41)47-26(15-2)36(10)31(21(27)5)49-34(42)50-36/h14,19-23,25-26,29-31,33H,1,15-18H2,2-13H3/b37-27+/t19-,20-,21+,22+,23-,25+,26-,29-,30-,31-,33+,35-,36-/m1/s1. The predicted molar refractivity (Wildman–Crippen MR) is 182 cm³/mol. The van der Waals surface area contributed by atoms with Gasteiger partial charge >= 0.3 is 18.1 Å². The molecule has 3 aliphatic heterocycles. The summed E-state index contributed by atoms with van der Waals surface area (Å²) in [5, 5.41) is 4.50. The van der Waals surface area contributed by atoms with E-state index in [1.165, 1.54) is 21.0 Å². The van der Waals surface area contributed by atoms with Gasteiger partial charge in [-0.15, -0.1) is 0 Å². The number of cyclic esters (lactones) is 1. The zero-order chi connectivity index (χ0) is 37.7. The Morgan fingerprint density at radius 1 is 1.08 bits per heavy atom. The number of ketones is 1. The fraction of sp³-hybridized carbons (Fsp3) is 0.806. The number of carbonyl (C=O) groups excluding carboxylic acids is 4. The van der Waals surface area contributed by atoms with Gasteiger partial charge in [0.15, 0.2) is 29.9 Å². The summed E-state index contributed by atoms with van der Waals surface area (Å²) in [6.07, 6.45) is -3.37. The number of esters is 2. The molecule has 14 heteroatoms. The first-order valence-electron chi connectivity index (χ1n) is 17.5. The van der Waals surface area contributed by atoms with Crippen molar-refractivity contribution < 1.29 is 57.2 Å². The lowest BCUT2D eigenvalue weighted by Crippen LogP contribution is -2.60. The second kappa shape index (κ2) is 17.0. The predicted octanol–water partition coefficient (Wildman–Crippen LogP) is 4.47. The summed E-state index contributed by atoms with van der Waals surface area (Å²) in [6, 6.07) is -0.253. The van der Waals surface area contributed by atoms with E-state index in [9.17, 15) is 19.2 Å². The first kappa shape index (κ1) is 41.4. The molecule has 284 valence electrons. The molecule has 13 atom stereocenters. The lowest BCUT2D eigenvalue weighted by atomic mass is 9.74. The molecule has 0 spiro atoms. The Morgan fingerprint density at radius 2 is 1.74 bits per heavy atom. The van der Waals surface area contributed by atoms with Gasteiger partial charge < -0.3 is 42.9 Å². The van der Waals surface area contributed by atoms with Gasteiger partial charge in [0.2, 0.25) is 0 Å². The van der Waals surface area contributed by atoms with Crippen LogP contribution in [0.1, 0.15) is 81.6 Å². The Balaban J connectivity index is 2.21. The molecule has 0 amide bonds. The molecule has 0 aromatic rings. The molecule has 3 heterocycles. The van der Waals surface area contributed by atoms with Gasteiger partial charge in [0, 0.05) is 31.8 Å². The maximum atomic E-state index is 14.3. The van der Waals surface area contributed by atoms with E-state index in [0.717, 1.165) is 0 Å². The third-order valence-electron chi connectivity index (χ3n) is 10.4. The summed E-state index contributed by atoms with van der Waals surface area (Å²) in [5.41, 5.74) is -2.11. The number of nitrogens with zero attached hydrogens (tertiary/aromatic N) is 2. The minimum atomic E-state index is -1.40. The minimum absolute atomic E-state index is 0.120. The third kappa shape index (κ3) is 8.86. The van der Waals surface area contributed by atoms with Gasteiger partial charge in [0.05, 0.1) is 29.6 Å². The summed E-state index contributed by atoms with van der Waals surface area (Å²) in [7, 11) is 5.29. The molecule has 0 N–H and O–H groups in total. The van der Waals surface area contributed by atoms with E-state index in [1.807, 2.05) is 46.7 Å². The number of ether oxygens (including phenoxy) is 7. The van der Waals surface area contributed by atoms with E-state index in [1.54, 1.807) is 26.8 Å². The first-order valence-corrected chi connectivity index (χ1v) is 17.5. The van der Waals surface area contributed by atoms with Crippen molar-refractivity contribution in [3.05, 3.63) is 12.7 Å². The number of hydrogen-bond acceptors (Lipinski definition) is 14. The van der Waals surface area contributed by atoms with Crippen LogP contribution in [0.5, 0.6) is 0 Å². The number of rotatable bonds is 9. The zero-order valence-electron chi connectivity index (χ0n) is 31.8. The zero-order valence-corrected chi connectivity index (χ0v) is 31.8. The summed E-state index contributed by atoms with van der Waals surface area (Å²) in [5.74, 6) is -4.92. The number of carbonyl (C=O) groups is 4. The number of Topliss-reactive ketones (excluding diaryl/α,β-unsaturated/α-hetero) is 1. The Bertz CT molecular complexity index is 1270. The number of likely N-dealkylation sites (N-methyl/N-ethyl adjacent to an activating group) is 1. The summed E-state index contributed by atoms with van der Waals surface area (Å²) < 4.78 is 42.6. The van der Waals surface area contributed by atoms with Gasteiger partial charge in [-0.1, -0.05) is 45.5 Å². The lowest BCUT2D eigenvalue weighted by molar-refractivity contribution is -0.297. The van der Waals surface area contributed by atoms with Crippen molar-refractivity contribution in [2.75, 3.05) is 27.8 Å². The summed E-state index contributed by atoms with van der Waals surface area (Å²) in [4.78, 5) is 60.6. The molecule has 50 heavy (non-hydrogen) atoms. The molecular formula is C36H58N2O12. The van der Waals surface area contributed by atoms with Crippen LogP contribution in [-0.4, -0.2) is 116 Å². The van der Waals surface area contributed by atoms with E-state index in [4.69, 9.17) is 38.0 Å². The molecule has 0 bridgehead atoms. The van der Waals surface area contributed by atoms with Crippen molar-refractivity contribution in [1.29, 1.82) is 0 Å². The number of fused-ring (bicyclic) bond motifs is 1. The Morgan fingerprint density at radius 3 is 2.30 bits per heavy atom. The molecule has 3 fully saturated rings. The highest BCUT2D eigenvalue weighted by Crippen LogP contribution is 2.42. The smallest absolute Gasteiger partial charge is 0.457 e. The van der Waals surface area contributed by atoms with Crippen LogP contribution in [0.25, 0.3) is 0 Å². The number of oxime groups is 1. The largest absolute Gasteiger partial charge is 0.509 e. The quantitative estimate of drug-likeness (QED) is 0.0826. The van der Waals surface area contributed by atoms with Gasteiger partial charge in [0.25, 0.3) is 0 Å². The SMILES string of the molecule is C=CCO/N=C1\[C@H](C)C[C@@](C)(OC)[C@H](O[C@@H]2O[C@H](C)C[C@H](N(C)C)[C@H]2OC(C)=O)[C@@H](C)C(=O)[C@@H](C)C(=O)O[C@H](CC)[C@@]2(C)OC(=O)O[C@@H]2[C@H]1C. The minimum Gasteiger partial charge on any atom is -0.457 e. The number of hydrogen-bond donors (Lipinski definition) is 0. The molecule has 0 radical (unpaired) electrons. The van der Waals surface area contributed by atoms with Crippen LogP contribution in [-0.2, 0) is 52.4 Å². The van der Waals surface area contributed by atoms with Crippen LogP contribution in [0, 0.1) is 23.7 Å². The van der Waals surface area contributed by atoms with Gasteiger partial charge in [-0.25, -0.2) is 4.79 Å². The van der Waals surface area contributed by atoms with Crippen LogP contribution >= 0.6 is 0 Å². The van der Waals surface area contributed by atoms with E-state index >= 15 is 0 Å². The molecule has 3 rings (SSSR count). The van der Waals surface area contributed by atoms with Gasteiger partial charge in [0.1, 0.15) is 18.6 Å². The van der Waals surface area contributed by atoms with Crippen LogP contribution in [0.3, 0.4) is 0 Å². The highest BCUT2D eigenvalue weighted by Gasteiger charge is 2.59. The van der Waals surface area contributed by atoms with E-state index in [-0.39, 0.29) is 31.6 Å². The molecule has 0 unspecified atom stereocenters. The van der Waals surface area contributed by atoms with Crippen molar-refractivity contribution in [2.45, 2.75) is 136 Å². The third-order valence-corrected chi connectivity index (χ3v) is 10.4. The molecule has 3 saturated heterocycles. The van der Waals surface area contributed by atoms with Crippen LogP contribution in [0.4, 0.5) is 4.79 Å². The maximum absolute atomic E-state index is 14.3. The molecule has 0 aromatic carbocycles. The Kier molecular flexibility index (Phi) is 14.0. The fourth-order valence-electron chi connectivity index (χ4n) is 7.70. The van der Waals surface area contributed by atoms with Gasteiger partial charge in [-0.2, -0.15) is 0 Å². The summed E-state index contributed by atoms with van der Waals surface area (Å²) in [6.45, 7) is 19.2.